The van der Waals surface area contributed by atoms with Gasteiger partial charge in [0, 0.05) is 18.8 Å². The fourth-order valence-electron chi connectivity index (χ4n) is 1.93. The summed E-state index contributed by atoms with van der Waals surface area (Å²) in [5, 5.41) is 1.59. The summed E-state index contributed by atoms with van der Waals surface area (Å²) in [4.78, 5) is 5.18. The van der Waals surface area contributed by atoms with Crippen LogP contribution >= 0.6 is 0 Å². The van der Waals surface area contributed by atoms with E-state index in [2.05, 4.69) is 4.95 Å². The van der Waals surface area contributed by atoms with Crippen molar-refractivity contribution >= 4 is 5.69 Å². The van der Waals surface area contributed by atoms with Gasteiger partial charge in [0.05, 0.1) is 5.56 Å². The Morgan fingerprint density at radius 3 is 2.33 bits per heavy atom. The lowest BCUT2D eigenvalue weighted by molar-refractivity contribution is -0.137. The van der Waals surface area contributed by atoms with Crippen LogP contribution in [0.1, 0.15) is 5.56 Å². The molecule has 2 rings (SSSR count). The van der Waals surface area contributed by atoms with Crippen molar-refractivity contribution in [2.24, 2.45) is 0 Å². The number of anilines is 1. The Kier molecular flexibility index (Phi) is 3.32. The summed E-state index contributed by atoms with van der Waals surface area (Å²) in [7, 11) is 0. The van der Waals surface area contributed by atoms with E-state index in [1.807, 2.05) is 4.90 Å². The van der Waals surface area contributed by atoms with E-state index < -0.39 is 11.7 Å². The van der Waals surface area contributed by atoms with Gasteiger partial charge in [0.1, 0.15) is 13.1 Å². The Bertz CT molecular complexity index is 456. The van der Waals surface area contributed by atoms with Gasteiger partial charge >= 0.3 is 6.18 Å². The SMILES string of the molecule is [C-]#[N+]N1CCN(c2cccc(C(F)(F)F)c2)CC1. The maximum absolute atomic E-state index is 12.6. The summed E-state index contributed by atoms with van der Waals surface area (Å²) < 4.78 is 37.8. The van der Waals surface area contributed by atoms with Crippen LogP contribution in [0, 0.1) is 6.57 Å². The minimum absolute atomic E-state index is 0.555. The van der Waals surface area contributed by atoms with Gasteiger partial charge in [0.2, 0.25) is 0 Å². The van der Waals surface area contributed by atoms with Crippen molar-refractivity contribution in [1.82, 2.24) is 5.01 Å². The van der Waals surface area contributed by atoms with Crippen LogP contribution in [-0.2, 0) is 6.18 Å². The zero-order valence-corrected chi connectivity index (χ0v) is 9.61. The molecule has 0 N–H and O–H groups in total. The van der Waals surface area contributed by atoms with Gasteiger partial charge < -0.3 is 4.90 Å². The summed E-state index contributed by atoms with van der Waals surface area (Å²) >= 11 is 0. The van der Waals surface area contributed by atoms with E-state index in [9.17, 15) is 13.2 Å². The minimum atomic E-state index is -4.31. The van der Waals surface area contributed by atoms with Crippen LogP contribution in [0.25, 0.3) is 4.95 Å². The highest BCUT2D eigenvalue weighted by Crippen LogP contribution is 2.31. The molecule has 1 aliphatic heterocycles. The molecule has 18 heavy (non-hydrogen) atoms. The van der Waals surface area contributed by atoms with E-state index in [0.717, 1.165) is 12.1 Å². The molecular formula is C12H12F3N3. The molecule has 1 heterocycles. The lowest BCUT2D eigenvalue weighted by Gasteiger charge is -2.30. The van der Waals surface area contributed by atoms with Crippen molar-refractivity contribution in [3.8, 4) is 0 Å². The van der Waals surface area contributed by atoms with Crippen molar-refractivity contribution in [3.05, 3.63) is 41.4 Å². The topological polar surface area (TPSA) is 10.8 Å². The van der Waals surface area contributed by atoms with E-state index in [-0.39, 0.29) is 0 Å². The number of hydrogen-bond acceptors (Lipinski definition) is 2. The van der Waals surface area contributed by atoms with Crippen LogP contribution in [0.2, 0.25) is 0 Å². The van der Waals surface area contributed by atoms with E-state index in [1.165, 1.54) is 6.07 Å². The van der Waals surface area contributed by atoms with Crippen molar-refractivity contribution in [2.45, 2.75) is 6.18 Å². The van der Waals surface area contributed by atoms with Gasteiger partial charge in [-0.25, -0.2) is 0 Å². The van der Waals surface area contributed by atoms with Crippen molar-refractivity contribution in [2.75, 3.05) is 31.1 Å². The molecule has 0 spiro atoms. The average Bonchev–Trinajstić information content (AvgIpc) is 2.38. The molecule has 1 aromatic rings. The van der Waals surface area contributed by atoms with Crippen LogP contribution in [0.4, 0.5) is 18.9 Å². The molecule has 1 aromatic carbocycles. The molecule has 0 atom stereocenters. The summed E-state index contributed by atoms with van der Waals surface area (Å²) in [6, 6.07) is 5.31. The van der Waals surface area contributed by atoms with E-state index >= 15 is 0 Å². The van der Waals surface area contributed by atoms with E-state index in [0.29, 0.717) is 31.9 Å². The molecule has 1 aliphatic rings. The number of halogens is 3. The zero-order chi connectivity index (χ0) is 13.2. The fourth-order valence-corrected chi connectivity index (χ4v) is 1.93. The molecule has 1 fully saturated rings. The number of nitrogens with zero attached hydrogens (tertiary/aromatic N) is 3. The van der Waals surface area contributed by atoms with Gasteiger partial charge in [-0.15, -0.1) is 5.01 Å². The molecule has 3 nitrogen and oxygen atoms in total. The molecule has 0 saturated carbocycles. The maximum Gasteiger partial charge on any atom is 0.416 e. The summed E-state index contributed by atoms with van der Waals surface area (Å²) in [6.45, 7) is 9.12. The molecule has 96 valence electrons. The number of alkyl halides is 3. The standard InChI is InChI=1S/C12H12F3N3/c1-16-18-7-5-17(6-8-18)11-4-2-3-10(9-11)12(13,14)15/h2-4,9H,5-8H2. The molecule has 0 unspecified atom stereocenters. The van der Waals surface area contributed by atoms with Gasteiger partial charge in [-0.2, -0.15) is 24.7 Å². The third-order valence-electron chi connectivity index (χ3n) is 2.94. The van der Waals surface area contributed by atoms with Crippen LogP contribution in [0.15, 0.2) is 24.3 Å². The second-order valence-electron chi connectivity index (χ2n) is 4.09. The average molecular weight is 255 g/mol. The van der Waals surface area contributed by atoms with Gasteiger partial charge in [0.15, 0.2) is 0 Å². The van der Waals surface area contributed by atoms with Gasteiger partial charge in [-0.1, -0.05) is 6.07 Å². The Morgan fingerprint density at radius 1 is 1.11 bits per heavy atom. The van der Waals surface area contributed by atoms with Gasteiger partial charge in [0.25, 0.3) is 0 Å². The minimum Gasteiger partial charge on any atom is -0.367 e. The Morgan fingerprint density at radius 2 is 1.78 bits per heavy atom. The summed E-state index contributed by atoms with van der Waals surface area (Å²) in [6.07, 6.45) is -4.31. The number of benzene rings is 1. The molecule has 0 amide bonds. The van der Waals surface area contributed by atoms with Crippen LogP contribution in [-0.4, -0.2) is 31.2 Å². The molecular weight excluding hydrogens is 243 g/mol. The predicted molar refractivity (Wildman–Crippen MR) is 61.8 cm³/mol. The maximum atomic E-state index is 12.6. The molecule has 1 saturated heterocycles. The van der Waals surface area contributed by atoms with Crippen LogP contribution in [0.5, 0.6) is 0 Å². The summed E-state index contributed by atoms with van der Waals surface area (Å²) in [5.41, 5.74) is -0.0675. The third kappa shape index (κ3) is 2.67. The Balaban J connectivity index is 2.13. The van der Waals surface area contributed by atoms with Crippen LogP contribution in [0.3, 0.4) is 0 Å². The van der Waals surface area contributed by atoms with Crippen molar-refractivity contribution in [1.29, 1.82) is 0 Å². The number of piperazine rings is 1. The second kappa shape index (κ2) is 4.77. The van der Waals surface area contributed by atoms with E-state index in [4.69, 9.17) is 6.57 Å². The molecule has 0 aliphatic carbocycles. The monoisotopic (exact) mass is 255 g/mol. The van der Waals surface area contributed by atoms with Crippen LogP contribution < -0.4 is 4.90 Å². The third-order valence-corrected chi connectivity index (χ3v) is 2.94. The first-order valence-electron chi connectivity index (χ1n) is 5.55. The molecule has 0 radical (unpaired) electrons. The van der Waals surface area contributed by atoms with Crippen molar-refractivity contribution in [3.63, 3.8) is 0 Å². The molecule has 0 bridgehead atoms. The molecule has 0 aromatic heterocycles. The van der Waals surface area contributed by atoms with Crippen molar-refractivity contribution < 1.29 is 13.2 Å². The van der Waals surface area contributed by atoms with Gasteiger partial charge in [-0.05, 0) is 18.2 Å². The largest absolute Gasteiger partial charge is 0.416 e. The zero-order valence-electron chi connectivity index (χ0n) is 9.61. The summed E-state index contributed by atoms with van der Waals surface area (Å²) in [5.74, 6) is 0. The second-order valence-corrected chi connectivity index (χ2v) is 4.09. The highest BCUT2D eigenvalue weighted by Gasteiger charge is 2.31. The highest BCUT2D eigenvalue weighted by molar-refractivity contribution is 5.49. The fraction of sp³-hybridized carbons (Fsp3) is 0.417. The smallest absolute Gasteiger partial charge is 0.367 e. The lowest BCUT2D eigenvalue weighted by atomic mass is 10.1. The van der Waals surface area contributed by atoms with E-state index in [1.54, 1.807) is 11.1 Å². The predicted octanol–water partition coefficient (Wildman–Crippen LogP) is 2.66. The first-order valence-corrected chi connectivity index (χ1v) is 5.55. The van der Waals surface area contributed by atoms with Gasteiger partial charge in [-0.3, -0.25) is 0 Å². The molecule has 6 heteroatoms. The number of rotatable bonds is 1. The normalized spacial score (nSPS) is 16.6. The highest BCUT2D eigenvalue weighted by atomic mass is 19.4. The lowest BCUT2D eigenvalue weighted by Crippen LogP contribution is -2.43. The Labute approximate surface area is 103 Å². The number of hydrogen-bond donors (Lipinski definition) is 0. The first kappa shape index (κ1) is 12.6. The first-order chi connectivity index (χ1) is 8.50. The quantitative estimate of drug-likeness (QED) is 0.714. The Hall–Kier alpha value is -1.90.